The SMILES string of the molecule is Cc1cc(N2CCN(C)CC2)nc(-n2cc(S(N)(=O)=O)cn2)c1. The van der Waals surface area contributed by atoms with E-state index in [0.29, 0.717) is 5.82 Å². The molecule has 2 aromatic heterocycles. The zero-order valence-corrected chi connectivity index (χ0v) is 14.0. The molecule has 0 aliphatic carbocycles. The third-order valence-electron chi connectivity index (χ3n) is 3.89. The van der Waals surface area contributed by atoms with E-state index in [0.717, 1.165) is 37.6 Å². The molecule has 0 bridgehead atoms. The summed E-state index contributed by atoms with van der Waals surface area (Å²) >= 11 is 0. The molecule has 3 rings (SSSR count). The van der Waals surface area contributed by atoms with Crippen LogP contribution in [0.1, 0.15) is 5.56 Å². The number of hydrogen-bond acceptors (Lipinski definition) is 6. The maximum absolute atomic E-state index is 11.4. The van der Waals surface area contributed by atoms with E-state index in [-0.39, 0.29) is 4.90 Å². The molecule has 0 spiro atoms. The lowest BCUT2D eigenvalue weighted by molar-refractivity contribution is 0.312. The third-order valence-corrected chi connectivity index (χ3v) is 4.76. The highest BCUT2D eigenvalue weighted by atomic mass is 32.2. The fraction of sp³-hybridized carbons (Fsp3) is 0.429. The predicted octanol–water partition coefficient (Wildman–Crippen LogP) is -0.0251. The van der Waals surface area contributed by atoms with Crippen molar-refractivity contribution in [2.75, 3.05) is 38.1 Å². The lowest BCUT2D eigenvalue weighted by atomic mass is 10.2. The quantitative estimate of drug-likeness (QED) is 0.846. The Morgan fingerprint density at radius 1 is 1.13 bits per heavy atom. The summed E-state index contributed by atoms with van der Waals surface area (Å²) in [5.74, 6) is 1.45. The van der Waals surface area contributed by atoms with Gasteiger partial charge >= 0.3 is 0 Å². The molecule has 0 amide bonds. The Labute approximate surface area is 135 Å². The number of pyridine rings is 1. The van der Waals surface area contributed by atoms with E-state index in [1.54, 1.807) is 0 Å². The molecule has 8 nitrogen and oxygen atoms in total. The molecular weight excluding hydrogens is 316 g/mol. The van der Waals surface area contributed by atoms with Crippen molar-refractivity contribution in [3.8, 4) is 5.82 Å². The van der Waals surface area contributed by atoms with Gasteiger partial charge in [0.25, 0.3) is 0 Å². The maximum atomic E-state index is 11.4. The molecule has 0 atom stereocenters. The number of rotatable bonds is 3. The van der Waals surface area contributed by atoms with Gasteiger partial charge in [-0.15, -0.1) is 0 Å². The molecule has 1 saturated heterocycles. The highest BCUT2D eigenvalue weighted by molar-refractivity contribution is 7.89. The molecule has 2 N–H and O–H groups in total. The summed E-state index contributed by atoms with van der Waals surface area (Å²) in [7, 11) is -1.66. The molecule has 0 saturated carbocycles. The third kappa shape index (κ3) is 3.52. The van der Waals surface area contributed by atoms with E-state index >= 15 is 0 Å². The Morgan fingerprint density at radius 2 is 1.78 bits per heavy atom. The largest absolute Gasteiger partial charge is 0.354 e. The van der Waals surface area contributed by atoms with Crippen LogP contribution in [0.2, 0.25) is 0 Å². The number of aryl methyl sites for hydroxylation is 1. The number of primary sulfonamides is 1. The van der Waals surface area contributed by atoms with Crippen LogP contribution in [0.5, 0.6) is 0 Å². The summed E-state index contributed by atoms with van der Waals surface area (Å²) in [6.07, 6.45) is 2.61. The highest BCUT2D eigenvalue weighted by Crippen LogP contribution is 2.19. The van der Waals surface area contributed by atoms with E-state index in [2.05, 4.69) is 26.9 Å². The minimum Gasteiger partial charge on any atom is -0.354 e. The van der Waals surface area contributed by atoms with Gasteiger partial charge in [0.1, 0.15) is 10.7 Å². The van der Waals surface area contributed by atoms with Crippen LogP contribution in [0, 0.1) is 6.92 Å². The van der Waals surface area contributed by atoms with Crippen molar-refractivity contribution in [2.45, 2.75) is 11.8 Å². The van der Waals surface area contributed by atoms with Crippen LogP contribution in [-0.2, 0) is 10.0 Å². The first-order valence-corrected chi connectivity index (χ1v) is 8.87. The van der Waals surface area contributed by atoms with E-state index in [4.69, 9.17) is 5.14 Å². The van der Waals surface area contributed by atoms with E-state index < -0.39 is 10.0 Å². The van der Waals surface area contributed by atoms with Crippen molar-refractivity contribution in [2.24, 2.45) is 5.14 Å². The summed E-state index contributed by atoms with van der Waals surface area (Å²) in [4.78, 5) is 9.09. The van der Waals surface area contributed by atoms with Gasteiger partial charge < -0.3 is 9.80 Å². The number of sulfonamides is 1. The first kappa shape index (κ1) is 15.9. The molecule has 1 aliphatic heterocycles. The Kier molecular flexibility index (Phi) is 4.09. The van der Waals surface area contributed by atoms with Crippen molar-refractivity contribution in [1.82, 2.24) is 19.7 Å². The lowest BCUT2D eigenvalue weighted by Crippen LogP contribution is -2.44. The van der Waals surface area contributed by atoms with E-state index in [1.165, 1.54) is 17.1 Å². The normalized spacial score (nSPS) is 16.7. The van der Waals surface area contributed by atoms with Crippen LogP contribution in [0.25, 0.3) is 5.82 Å². The summed E-state index contributed by atoms with van der Waals surface area (Å²) in [5, 5.41) is 9.18. The molecule has 1 fully saturated rings. The number of anilines is 1. The minimum absolute atomic E-state index is 0.0260. The fourth-order valence-corrected chi connectivity index (χ4v) is 2.97. The molecule has 3 heterocycles. The van der Waals surface area contributed by atoms with Gasteiger partial charge in [-0.2, -0.15) is 5.10 Å². The Hall–Kier alpha value is -1.97. The Morgan fingerprint density at radius 3 is 2.39 bits per heavy atom. The monoisotopic (exact) mass is 336 g/mol. The Bertz CT molecular complexity index is 808. The lowest BCUT2D eigenvalue weighted by Gasteiger charge is -2.33. The van der Waals surface area contributed by atoms with Crippen molar-refractivity contribution < 1.29 is 8.42 Å². The zero-order valence-electron chi connectivity index (χ0n) is 13.2. The summed E-state index contributed by atoms with van der Waals surface area (Å²) in [6.45, 7) is 5.78. The molecule has 0 unspecified atom stereocenters. The average Bonchev–Trinajstić information content (AvgIpc) is 2.97. The van der Waals surface area contributed by atoms with Crippen LogP contribution < -0.4 is 10.0 Å². The van der Waals surface area contributed by atoms with Gasteiger partial charge in [0.15, 0.2) is 5.82 Å². The number of nitrogens with zero attached hydrogens (tertiary/aromatic N) is 5. The second-order valence-electron chi connectivity index (χ2n) is 5.82. The fourth-order valence-electron chi connectivity index (χ4n) is 2.52. The van der Waals surface area contributed by atoms with Gasteiger partial charge in [-0.25, -0.2) is 23.2 Å². The number of piperazine rings is 1. The minimum atomic E-state index is -3.76. The van der Waals surface area contributed by atoms with Gasteiger partial charge in [-0.05, 0) is 31.7 Å². The molecule has 0 aromatic carbocycles. The number of hydrogen-bond donors (Lipinski definition) is 1. The van der Waals surface area contributed by atoms with Gasteiger partial charge in [0.2, 0.25) is 10.0 Å². The second kappa shape index (κ2) is 5.91. The van der Waals surface area contributed by atoms with Crippen LogP contribution in [-0.4, -0.2) is 61.3 Å². The molecule has 23 heavy (non-hydrogen) atoms. The summed E-state index contributed by atoms with van der Waals surface area (Å²) < 4.78 is 24.2. The summed E-state index contributed by atoms with van der Waals surface area (Å²) in [6, 6.07) is 3.89. The molecule has 0 radical (unpaired) electrons. The molecule has 1 aliphatic rings. The summed E-state index contributed by atoms with van der Waals surface area (Å²) in [5.41, 5.74) is 1.04. The Balaban J connectivity index is 1.93. The van der Waals surface area contributed by atoms with Crippen molar-refractivity contribution in [3.05, 3.63) is 30.1 Å². The average molecular weight is 336 g/mol. The first-order valence-electron chi connectivity index (χ1n) is 7.33. The van der Waals surface area contributed by atoms with Crippen LogP contribution in [0.3, 0.4) is 0 Å². The van der Waals surface area contributed by atoms with Gasteiger partial charge in [-0.1, -0.05) is 0 Å². The first-order chi connectivity index (χ1) is 10.8. The molecule has 9 heteroatoms. The second-order valence-corrected chi connectivity index (χ2v) is 7.38. The number of nitrogens with two attached hydrogens (primary N) is 1. The van der Waals surface area contributed by atoms with Crippen LogP contribution in [0.15, 0.2) is 29.4 Å². The van der Waals surface area contributed by atoms with Crippen LogP contribution in [0.4, 0.5) is 5.82 Å². The topological polar surface area (TPSA) is 97.4 Å². The predicted molar refractivity (Wildman–Crippen MR) is 87.2 cm³/mol. The van der Waals surface area contributed by atoms with Gasteiger partial charge in [-0.3, -0.25) is 0 Å². The molecule has 124 valence electrons. The van der Waals surface area contributed by atoms with E-state index in [1.807, 2.05) is 19.1 Å². The molecular formula is C14H20N6O2S. The maximum Gasteiger partial charge on any atom is 0.241 e. The van der Waals surface area contributed by atoms with Gasteiger partial charge in [0, 0.05) is 26.2 Å². The van der Waals surface area contributed by atoms with Gasteiger partial charge in [0.05, 0.1) is 12.4 Å². The smallest absolute Gasteiger partial charge is 0.241 e. The molecule has 2 aromatic rings. The highest BCUT2D eigenvalue weighted by Gasteiger charge is 2.17. The van der Waals surface area contributed by atoms with Crippen LogP contribution >= 0.6 is 0 Å². The van der Waals surface area contributed by atoms with E-state index in [9.17, 15) is 8.42 Å². The van der Waals surface area contributed by atoms with Crippen molar-refractivity contribution in [3.63, 3.8) is 0 Å². The van der Waals surface area contributed by atoms with Crippen molar-refractivity contribution >= 4 is 15.8 Å². The standard InChI is InChI=1S/C14H20N6O2S/c1-11-7-13(19-5-3-18(2)4-6-19)17-14(8-11)20-10-12(9-16-20)23(15,21)22/h7-10H,3-6H2,1-2H3,(H2,15,21,22). The zero-order chi connectivity index (χ0) is 16.6. The number of aromatic nitrogens is 3. The number of likely N-dealkylation sites (N-methyl/N-ethyl adjacent to an activating group) is 1. The van der Waals surface area contributed by atoms with Crippen molar-refractivity contribution in [1.29, 1.82) is 0 Å².